The predicted octanol–water partition coefficient (Wildman–Crippen LogP) is 1.88. The van der Waals surface area contributed by atoms with Gasteiger partial charge in [0.1, 0.15) is 0 Å². The summed E-state index contributed by atoms with van der Waals surface area (Å²) in [5.41, 5.74) is 0.483. The van der Waals surface area contributed by atoms with Crippen molar-refractivity contribution in [2.24, 2.45) is 10.4 Å². The lowest BCUT2D eigenvalue weighted by atomic mass is 10.0. The van der Waals surface area contributed by atoms with Crippen molar-refractivity contribution >= 4 is 16.9 Å². The first-order chi connectivity index (χ1) is 7.24. The van der Waals surface area contributed by atoms with E-state index in [1.54, 1.807) is 7.11 Å². The maximum Gasteiger partial charge on any atom is 0.156 e. The highest BCUT2D eigenvalue weighted by Crippen LogP contribution is 2.49. The van der Waals surface area contributed by atoms with Crippen molar-refractivity contribution in [1.82, 2.24) is 5.32 Å². The first-order valence-electron chi connectivity index (χ1n) is 5.67. The molecule has 1 N–H and O–H groups in total. The van der Waals surface area contributed by atoms with E-state index in [1.165, 1.54) is 19.3 Å². The van der Waals surface area contributed by atoms with E-state index in [4.69, 9.17) is 4.74 Å². The van der Waals surface area contributed by atoms with Gasteiger partial charge in [-0.3, -0.25) is 4.99 Å². The van der Waals surface area contributed by atoms with Crippen LogP contribution in [0.4, 0.5) is 0 Å². The predicted molar refractivity (Wildman–Crippen MR) is 65.5 cm³/mol. The van der Waals surface area contributed by atoms with E-state index in [-0.39, 0.29) is 0 Å². The molecule has 15 heavy (non-hydrogen) atoms. The van der Waals surface area contributed by atoms with Gasteiger partial charge in [0, 0.05) is 32.1 Å². The fourth-order valence-corrected chi connectivity index (χ4v) is 2.74. The van der Waals surface area contributed by atoms with Gasteiger partial charge in [0.25, 0.3) is 0 Å². The summed E-state index contributed by atoms with van der Waals surface area (Å²) in [6.07, 6.45) is 3.82. The first-order valence-corrected chi connectivity index (χ1v) is 6.65. The van der Waals surface area contributed by atoms with Crippen molar-refractivity contribution in [2.75, 3.05) is 26.0 Å². The molecule has 0 bridgehead atoms. The van der Waals surface area contributed by atoms with E-state index in [9.17, 15) is 0 Å². The quantitative estimate of drug-likeness (QED) is 0.780. The summed E-state index contributed by atoms with van der Waals surface area (Å²) in [6.45, 7) is 4.06. The SMILES string of the molecule is COCCC1(CN=C2NC(C)CS2)CC1. The highest BCUT2D eigenvalue weighted by molar-refractivity contribution is 8.14. The Bertz CT molecular complexity index is 251. The zero-order valence-electron chi connectivity index (χ0n) is 9.58. The lowest BCUT2D eigenvalue weighted by molar-refractivity contribution is 0.174. The number of thioether (sulfide) groups is 1. The molecule has 1 saturated carbocycles. The van der Waals surface area contributed by atoms with Gasteiger partial charge in [-0.2, -0.15) is 0 Å². The maximum absolute atomic E-state index is 5.14. The Balaban J connectivity index is 1.77. The molecule has 0 amide bonds. The molecule has 4 heteroatoms. The Hall–Kier alpha value is -0.220. The average molecular weight is 228 g/mol. The van der Waals surface area contributed by atoms with Crippen LogP contribution in [0.2, 0.25) is 0 Å². The molecule has 86 valence electrons. The highest BCUT2D eigenvalue weighted by Gasteiger charge is 2.41. The molecule has 2 aliphatic rings. The number of amidine groups is 1. The Morgan fingerprint density at radius 2 is 2.40 bits per heavy atom. The van der Waals surface area contributed by atoms with Crippen LogP contribution in [0, 0.1) is 5.41 Å². The van der Waals surface area contributed by atoms with Crippen molar-refractivity contribution in [1.29, 1.82) is 0 Å². The van der Waals surface area contributed by atoms with Crippen LogP contribution >= 0.6 is 11.8 Å². The van der Waals surface area contributed by atoms with Crippen LogP contribution in [-0.4, -0.2) is 37.2 Å². The van der Waals surface area contributed by atoms with Gasteiger partial charge < -0.3 is 10.1 Å². The van der Waals surface area contributed by atoms with Gasteiger partial charge in [0.15, 0.2) is 5.17 Å². The van der Waals surface area contributed by atoms with Crippen molar-refractivity contribution in [3.05, 3.63) is 0 Å². The van der Waals surface area contributed by atoms with Crippen molar-refractivity contribution in [3.63, 3.8) is 0 Å². The topological polar surface area (TPSA) is 33.6 Å². The fraction of sp³-hybridized carbons (Fsp3) is 0.909. The summed E-state index contributed by atoms with van der Waals surface area (Å²) in [5, 5.41) is 4.54. The van der Waals surface area contributed by atoms with Gasteiger partial charge in [0.2, 0.25) is 0 Å². The first kappa shape index (κ1) is 11.3. The van der Waals surface area contributed by atoms with Crippen LogP contribution in [0.5, 0.6) is 0 Å². The van der Waals surface area contributed by atoms with Crippen LogP contribution < -0.4 is 5.32 Å². The van der Waals surface area contributed by atoms with E-state index >= 15 is 0 Å². The molecule has 0 aromatic rings. The number of aliphatic imine (C=N–C) groups is 1. The standard InChI is InChI=1S/C11H20N2OS/c1-9-7-15-10(13-9)12-8-11(3-4-11)5-6-14-2/h9H,3-8H2,1-2H3,(H,12,13). The molecule has 2 rings (SSSR count). The number of ether oxygens (including phenoxy) is 1. The summed E-state index contributed by atoms with van der Waals surface area (Å²) in [4.78, 5) is 4.67. The van der Waals surface area contributed by atoms with Gasteiger partial charge in [-0.05, 0) is 31.6 Å². The van der Waals surface area contributed by atoms with Crippen LogP contribution in [0.1, 0.15) is 26.2 Å². The third kappa shape index (κ3) is 3.11. The normalized spacial score (nSPS) is 30.5. The number of hydrogen-bond acceptors (Lipinski definition) is 3. The van der Waals surface area contributed by atoms with E-state index in [2.05, 4.69) is 17.2 Å². The number of nitrogens with zero attached hydrogens (tertiary/aromatic N) is 1. The summed E-state index contributed by atoms with van der Waals surface area (Å²) in [6, 6.07) is 0.586. The zero-order valence-corrected chi connectivity index (χ0v) is 10.4. The summed E-state index contributed by atoms with van der Waals surface area (Å²) in [7, 11) is 1.78. The van der Waals surface area contributed by atoms with E-state index in [1.807, 2.05) is 11.8 Å². The Kier molecular flexibility index (Phi) is 3.57. The van der Waals surface area contributed by atoms with Crippen LogP contribution in [0.25, 0.3) is 0 Å². The van der Waals surface area contributed by atoms with Gasteiger partial charge in [0.05, 0.1) is 0 Å². The lowest BCUT2D eigenvalue weighted by Crippen LogP contribution is -2.24. The van der Waals surface area contributed by atoms with Crippen LogP contribution in [0.15, 0.2) is 4.99 Å². The second kappa shape index (κ2) is 4.74. The van der Waals surface area contributed by atoms with Gasteiger partial charge in [-0.15, -0.1) is 0 Å². The third-order valence-electron chi connectivity index (χ3n) is 3.19. The fourth-order valence-electron chi connectivity index (χ4n) is 1.81. The molecule has 1 heterocycles. The molecule has 1 aliphatic carbocycles. The largest absolute Gasteiger partial charge is 0.385 e. The minimum atomic E-state index is 0.483. The van der Waals surface area contributed by atoms with Crippen molar-refractivity contribution < 1.29 is 4.74 Å². The number of hydrogen-bond donors (Lipinski definition) is 1. The number of nitrogens with one attached hydrogen (secondary N) is 1. The summed E-state index contributed by atoms with van der Waals surface area (Å²) >= 11 is 1.85. The molecule has 1 unspecified atom stereocenters. The zero-order chi connectivity index (χ0) is 10.7. The third-order valence-corrected chi connectivity index (χ3v) is 4.38. The highest BCUT2D eigenvalue weighted by atomic mass is 32.2. The lowest BCUT2D eigenvalue weighted by Gasteiger charge is -2.11. The van der Waals surface area contributed by atoms with Gasteiger partial charge >= 0.3 is 0 Å². The van der Waals surface area contributed by atoms with Gasteiger partial charge in [-0.1, -0.05) is 11.8 Å². The van der Waals surface area contributed by atoms with E-state index < -0.39 is 0 Å². The Labute approximate surface area is 96.1 Å². The second-order valence-electron chi connectivity index (χ2n) is 4.72. The maximum atomic E-state index is 5.14. The summed E-state index contributed by atoms with van der Waals surface area (Å²) in [5.74, 6) is 1.16. The second-order valence-corrected chi connectivity index (χ2v) is 5.73. The minimum absolute atomic E-state index is 0.483. The molecule has 1 aliphatic heterocycles. The molecular formula is C11H20N2OS. The van der Waals surface area contributed by atoms with Crippen LogP contribution in [0.3, 0.4) is 0 Å². The Morgan fingerprint density at radius 3 is 2.93 bits per heavy atom. The molecule has 1 saturated heterocycles. The molecule has 0 aromatic carbocycles. The molecular weight excluding hydrogens is 208 g/mol. The smallest absolute Gasteiger partial charge is 0.156 e. The van der Waals surface area contributed by atoms with Crippen molar-refractivity contribution in [2.45, 2.75) is 32.2 Å². The van der Waals surface area contributed by atoms with Crippen LogP contribution in [-0.2, 0) is 4.74 Å². The van der Waals surface area contributed by atoms with E-state index in [0.29, 0.717) is 11.5 Å². The minimum Gasteiger partial charge on any atom is -0.385 e. The monoisotopic (exact) mass is 228 g/mol. The average Bonchev–Trinajstić information content (AvgIpc) is 2.89. The number of rotatable bonds is 5. The van der Waals surface area contributed by atoms with E-state index in [0.717, 1.165) is 24.1 Å². The molecule has 0 radical (unpaired) electrons. The number of methoxy groups -OCH3 is 1. The molecule has 0 spiro atoms. The Morgan fingerprint density at radius 1 is 1.60 bits per heavy atom. The van der Waals surface area contributed by atoms with Crippen molar-refractivity contribution in [3.8, 4) is 0 Å². The molecule has 0 aromatic heterocycles. The molecule has 2 fully saturated rings. The molecule has 1 atom stereocenters. The van der Waals surface area contributed by atoms with Gasteiger partial charge in [-0.25, -0.2) is 0 Å². The molecule has 3 nitrogen and oxygen atoms in total. The summed E-state index contributed by atoms with van der Waals surface area (Å²) < 4.78 is 5.14.